The molecule has 8 nitrogen and oxygen atoms in total. The Balaban J connectivity index is 1.24. The Bertz CT molecular complexity index is 1270. The second-order valence-corrected chi connectivity index (χ2v) is 8.83. The fourth-order valence-corrected chi connectivity index (χ4v) is 4.58. The highest BCUT2D eigenvalue weighted by molar-refractivity contribution is 7.18. The van der Waals surface area contributed by atoms with Crippen LogP contribution in [-0.2, 0) is 9.53 Å². The van der Waals surface area contributed by atoms with Gasteiger partial charge in [-0.3, -0.25) is 4.79 Å². The Labute approximate surface area is 207 Å². The summed E-state index contributed by atoms with van der Waals surface area (Å²) in [6.45, 7) is 2.81. The molecule has 0 unspecified atom stereocenters. The summed E-state index contributed by atoms with van der Waals surface area (Å²) in [6, 6.07) is 25.1. The summed E-state index contributed by atoms with van der Waals surface area (Å²) in [5.74, 6) is 0.343. The van der Waals surface area contributed by atoms with Crippen LogP contribution < -0.4 is 20.3 Å². The monoisotopic (exact) mass is 487 g/mol. The van der Waals surface area contributed by atoms with E-state index in [9.17, 15) is 4.79 Å². The van der Waals surface area contributed by atoms with Gasteiger partial charge in [-0.15, -0.1) is 10.2 Å². The minimum absolute atomic E-state index is 0.123. The first-order valence-electron chi connectivity index (χ1n) is 11.4. The van der Waals surface area contributed by atoms with Crippen molar-refractivity contribution in [2.24, 2.45) is 0 Å². The summed E-state index contributed by atoms with van der Waals surface area (Å²) < 4.78 is 11.4. The van der Waals surface area contributed by atoms with Gasteiger partial charge in [0.2, 0.25) is 5.13 Å². The van der Waals surface area contributed by atoms with Crippen LogP contribution in [0.3, 0.4) is 0 Å². The Morgan fingerprint density at radius 2 is 1.69 bits per heavy atom. The zero-order valence-electron chi connectivity index (χ0n) is 19.0. The molecule has 0 atom stereocenters. The lowest BCUT2D eigenvalue weighted by Crippen LogP contribution is -2.37. The molecule has 4 aromatic rings. The molecule has 1 fully saturated rings. The van der Waals surface area contributed by atoms with Crippen LogP contribution in [0.25, 0.3) is 10.6 Å². The lowest BCUT2D eigenvalue weighted by molar-refractivity contribution is -0.118. The molecule has 2 heterocycles. The number of hydrogen-bond acceptors (Lipinski definition) is 8. The zero-order valence-corrected chi connectivity index (χ0v) is 19.8. The summed E-state index contributed by atoms with van der Waals surface area (Å²) in [4.78, 5) is 15.0. The summed E-state index contributed by atoms with van der Waals surface area (Å²) in [5.41, 5.74) is 3.47. The maximum atomic E-state index is 12.8. The van der Waals surface area contributed by atoms with Crippen molar-refractivity contribution in [3.05, 3.63) is 78.9 Å². The third-order valence-corrected chi connectivity index (χ3v) is 6.33. The van der Waals surface area contributed by atoms with E-state index >= 15 is 0 Å². The van der Waals surface area contributed by atoms with E-state index in [2.05, 4.69) is 25.7 Å². The zero-order chi connectivity index (χ0) is 23.9. The minimum atomic E-state index is -0.232. The quantitative estimate of drug-likeness (QED) is 0.369. The lowest BCUT2D eigenvalue weighted by atomic mass is 10.2. The second kappa shape index (κ2) is 11.0. The average molecular weight is 488 g/mol. The summed E-state index contributed by atoms with van der Waals surface area (Å²) in [5, 5.41) is 16.2. The highest BCUT2D eigenvalue weighted by Crippen LogP contribution is 2.34. The SMILES string of the molecule is O=C(COc1ccccc1-c1nnc(Nc2ccccc2)s1)Nc1ccccc1N1CCOCC1. The van der Waals surface area contributed by atoms with Gasteiger partial charge in [0.15, 0.2) is 11.6 Å². The molecule has 1 aliphatic heterocycles. The highest BCUT2D eigenvalue weighted by atomic mass is 32.1. The molecule has 1 amide bonds. The molecule has 3 aromatic carbocycles. The molecule has 0 radical (unpaired) electrons. The van der Waals surface area contributed by atoms with Crippen molar-refractivity contribution in [3.8, 4) is 16.3 Å². The summed E-state index contributed by atoms with van der Waals surface area (Å²) in [6.07, 6.45) is 0. The molecular formula is C26H25N5O3S. The number of anilines is 4. The van der Waals surface area contributed by atoms with Gasteiger partial charge >= 0.3 is 0 Å². The number of para-hydroxylation sites is 4. The molecule has 0 bridgehead atoms. The maximum absolute atomic E-state index is 12.8. The van der Waals surface area contributed by atoms with E-state index in [1.807, 2.05) is 78.9 Å². The number of amides is 1. The molecule has 5 rings (SSSR count). The molecule has 0 spiro atoms. The number of carbonyl (C=O) groups is 1. The van der Waals surface area contributed by atoms with Crippen molar-refractivity contribution in [1.82, 2.24) is 10.2 Å². The third-order valence-electron chi connectivity index (χ3n) is 5.46. The van der Waals surface area contributed by atoms with Crippen molar-refractivity contribution >= 4 is 39.4 Å². The Morgan fingerprint density at radius 1 is 0.943 bits per heavy atom. The lowest BCUT2D eigenvalue weighted by Gasteiger charge is -2.30. The first kappa shape index (κ1) is 22.8. The normalized spacial score (nSPS) is 13.3. The van der Waals surface area contributed by atoms with Crippen LogP contribution in [0.4, 0.5) is 22.2 Å². The van der Waals surface area contributed by atoms with Gasteiger partial charge in [0.1, 0.15) is 5.75 Å². The van der Waals surface area contributed by atoms with E-state index in [-0.39, 0.29) is 12.5 Å². The van der Waals surface area contributed by atoms with Crippen molar-refractivity contribution in [1.29, 1.82) is 0 Å². The van der Waals surface area contributed by atoms with Crippen LogP contribution in [-0.4, -0.2) is 49.0 Å². The fourth-order valence-electron chi connectivity index (χ4n) is 3.79. The van der Waals surface area contributed by atoms with Crippen LogP contribution in [0, 0.1) is 0 Å². The van der Waals surface area contributed by atoms with Gasteiger partial charge in [0, 0.05) is 18.8 Å². The maximum Gasteiger partial charge on any atom is 0.262 e. The molecular weight excluding hydrogens is 462 g/mol. The number of morpholine rings is 1. The first-order valence-corrected chi connectivity index (χ1v) is 12.2. The smallest absolute Gasteiger partial charge is 0.262 e. The number of ether oxygens (including phenoxy) is 2. The highest BCUT2D eigenvalue weighted by Gasteiger charge is 2.17. The van der Waals surface area contributed by atoms with E-state index < -0.39 is 0 Å². The van der Waals surface area contributed by atoms with E-state index in [0.29, 0.717) is 29.1 Å². The average Bonchev–Trinajstić information content (AvgIpc) is 3.37. The van der Waals surface area contributed by atoms with E-state index in [0.717, 1.165) is 35.7 Å². The number of benzene rings is 3. The molecule has 0 aliphatic carbocycles. The van der Waals surface area contributed by atoms with E-state index in [1.165, 1.54) is 11.3 Å². The van der Waals surface area contributed by atoms with Gasteiger partial charge in [-0.2, -0.15) is 0 Å². The Hall–Kier alpha value is -3.95. The van der Waals surface area contributed by atoms with Crippen LogP contribution in [0.1, 0.15) is 0 Å². The largest absolute Gasteiger partial charge is 0.483 e. The molecule has 1 aromatic heterocycles. The second-order valence-electron chi connectivity index (χ2n) is 7.85. The molecule has 9 heteroatoms. The Morgan fingerprint density at radius 3 is 2.54 bits per heavy atom. The minimum Gasteiger partial charge on any atom is -0.483 e. The first-order chi connectivity index (χ1) is 17.3. The number of rotatable bonds is 8. The summed E-state index contributed by atoms with van der Waals surface area (Å²) in [7, 11) is 0. The van der Waals surface area contributed by atoms with Crippen LogP contribution >= 0.6 is 11.3 Å². The van der Waals surface area contributed by atoms with Crippen molar-refractivity contribution in [2.45, 2.75) is 0 Å². The van der Waals surface area contributed by atoms with Gasteiger partial charge < -0.3 is 25.0 Å². The number of hydrogen-bond donors (Lipinski definition) is 2. The van der Waals surface area contributed by atoms with Crippen LogP contribution in [0.5, 0.6) is 5.75 Å². The van der Waals surface area contributed by atoms with Crippen molar-refractivity contribution in [2.75, 3.05) is 48.4 Å². The topological polar surface area (TPSA) is 88.6 Å². The van der Waals surface area contributed by atoms with Gasteiger partial charge in [-0.05, 0) is 36.4 Å². The number of carbonyl (C=O) groups excluding carboxylic acids is 1. The number of aromatic nitrogens is 2. The van der Waals surface area contributed by atoms with Gasteiger partial charge in [-0.1, -0.05) is 53.8 Å². The standard InChI is InChI=1S/C26H25N5O3S/c32-24(28-21-11-5-6-12-22(21)31-14-16-33-17-15-31)18-34-23-13-7-4-10-20(23)25-29-30-26(35-25)27-19-8-2-1-3-9-19/h1-13H,14-18H2,(H,27,30)(H,28,32). The molecule has 178 valence electrons. The predicted molar refractivity (Wildman–Crippen MR) is 139 cm³/mol. The van der Waals surface area contributed by atoms with E-state index in [4.69, 9.17) is 9.47 Å². The van der Waals surface area contributed by atoms with Gasteiger partial charge in [0.05, 0.1) is 30.2 Å². The fraction of sp³-hybridized carbons (Fsp3) is 0.192. The molecule has 1 aliphatic rings. The van der Waals surface area contributed by atoms with E-state index in [1.54, 1.807) is 0 Å². The number of nitrogens with one attached hydrogen (secondary N) is 2. The van der Waals surface area contributed by atoms with Gasteiger partial charge in [-0.25, -0.2) is 0 Å². The molecule has 1 saturated heterocycles. The van der Waals surface area contributed by atoms with Gasteiger partial charge in [0.25, 0.3) is 5.91 Å². The van der Waals surface area contributed by atoms with Crippen LogP contribution in [0.15, 0.2) is 78.9 Å². The Kier molecular flexibility index (Phi) is 7.16. The predicted octanol–water partition coefficient (Wildman–Crippen LogP) is 4.80. The van der Waals surface area contributed by atoms with Crippen LogP contribution in [0.2, 0.25) is 0 Å². The molecule has 2 N–H and O–H groups in total. The summed E-state index contributed by atoms with van der Waals surface area (Å²) >= 11 is 1.42. The van der Waals surface area contributed by atoms with Crippen molar-refractivity contribution < 1.29 is 14.3 Å². The number of nitrogens with zero attached hydrogens (tertiary/aromatic N) is 3. The van der Waals surface area contributed by atoms with Crippen molar-refractivity contribution in [3.63, 3.8) is 0 Å². The third kappa shape index (κ3) is 5.76. The molecule has 0 saturated carbocycles. The molecule has 35 heavy (non-hydrogen) atoms.